The summed E-state index contributed by atoms with van der Waals surface area (Å²) in [5, 5.41) is 0. The molecule has 4 aromatic rings. The maximum Gasteiger partial charge on any atom is -0.171 e. The molecule has 3 aromatic heterocycles. The van der Waals surface area contributed by atoms with Crippen molar-refractivity contribution in [3.8, 4) is 0 Å². The van der Waals surface area contributed by atoms with Gasteiger partial charge in [0, 0.05) is 22.1 Å². The number of nitrogens with zero attached hydrogens (tertiary/aromatic N) is 2. The Morgan fingerprint density at radius 1 is 0.562 bits per heavy atom. The number of nitrogens with one attached hydrogen (secondary N) is 2. The summed E-state index contributed by atoms with van der Waals surface area (Å²) in [6.07, 6.45) is 8.05. The average Bonchev–Trinajstić information content (AvgIpc) is 3.63. The molecule has 0 fully saturated rings. The monoisotopic (exact) mass is 525 g/mol. The van der Waals surface area contributed by atoms with Gasteiger partial charge < -0.3 is 9.97 Å². The van der Waals surface area contributed by atoms with E-state index >= 15 is 0 Å². The van der Waals surface area contributed by atoms with Gasteiger partial charge in [-0.1, -0.05) is 0 Å². The minimum atomic E-state index is 0.915. The van der Waals surface area contributed by atoms with E-state index in [1.165, 1.54) is 0 Å². The first-order chi connectivity index (χ1) is 15.8. The van der Waals surface area contributed by atoms with E-state index in [1.54, 1.807) is 0 Å². The number of fused-ring (bicyclic) bond motifs is 8. The third-order valence-corrected chi connectivity index (χ3v) is 4.65. The van der Waals surface area contributed by atoms with Crippen molar-refractivity contribution < 1.29 is 13.9 Å². The molecule has 4 nitrogen and oxygen atoms in total. The predicted octanol–water partition coefficient (Wildman–Crippen LogP) is 6.99. The van der Waals surface area contributed by atoms with E-state index in [9.17, 15) is 0 Å². The number of rotatable bonds is 0. The third kappa shape index (κ3) is 5.94. The van der Waals surface area contributed by atoms with Crippen LogP contribution in [0.4, 0.5) is 0 Å². The summed E-state index contributed by atoms with van der Waals surface area (Å²) >= 11 is 6.00. The molecule has 0 atom stereocenters. The second-order valence-corrected chi connectivity index (χ2v) is 6.98. The third-order valence-electron chi connectivity index (χ3n) is 4.65. The van der Waals surface area contributed by atoms with Gasteiger partial charge in [-0.25, -0.2) is 9.97 Å². The van der Waals surface area contributed by atoms with Gasteiger partial charge in [-0.15, -0.1) is 0 Å². The summed E-state index contributed by atoms with van der Waals surface area (Å²) in [6.45, 7) is 0. The maximum atomic E-state index is 4.62. The van der Waals surface area contributed by atoms with Crippen molar-refractivity contribution in [1.82, 2.24) is 19.9 Å². The van der Waals surface area contributed by atoms with Crippen LogP contribution in [-0.2, 0) is 13.9 Å². The van der Waals surface area contributed by atoms with Crippen LogP contribution in [0.15, 0.2) is 78.9 Å². The standard InChI is InChI=1S/C20H14N4.C6H5.BrH.Co/c1-2-14-10-16-5-6-18(23-16)12-20-8-7-19(24-20)11-17-4-3-15(22-17)9-13(1)21-14;1-2-4-6-5-3-1;;/h1-12,21-22H;1-5H;1H;/q;-1;;+2/p-1. The van der Waals surface area contributed by atoms with Crippen molar-refractivity contribution in [1.29, 1.82) is 0 Å². The molecule has 6 heteroatoms. The number of H-pyrrole nitrogens is 2. The molecule has 2 N–H and O–H groups in total. The molecule has 2 aliphatic rings. The van der Waals surface area contributed by atoms with E-state index in [-0.39, 0.29) is 0 Å². The maximum absolute atomic E-state index is 4.62. The quantitative estimate of drug-likeness (QED) is 0.210. The fraction of sp³-hybridized carbons (Fsp3) is 0. The first kappa shape index (κ1) is 22.0. The van der Waals surface area contributed by atoms with E-state index in [4.69, 9.17) is 0 Å². The van der Waals surface area contributed by atoms with Crippen LogP contribution in [0.5, 0.6) is 0 Å². The van der Waals surface area contributed by atoms with Gasteiger partial charge in [-0.05, 0) is 72.8 Å². The first-order valence-electron chi connectivity index (χ1n) is 9.88. The number of halogens is 1. The Morgan fingerprint density at radius 2 is 0.969 bits per heavy atom. The summed E-state index contributed by atoms with van der Waals surface area (Å²) in [5.74, 6) is 0. The van der Waals surface area contributed by atoms with E-state index in [0.29, 0.717) is 0 Å². The normalized spacial score (nSPS) is 11.2. The van der Waals surface area contributed by atoms with Crippen molar-refractivity contribution >= 4 is 60.5 Å². The Hall–Kier alpha value is -3.19. The molecule has 2 aliphatic heterocycles. The zero-order valence-corrected chi connectivity index (χ0v) is 19.5. The predicted molar refractivity (Wildman–Crippen MR) is 133 cm³/mol. The van der Waals surface area contributed by atoms with Crippen LogP contribution in [-0.4, -0.2) is 19.9 Å². The van der Waals surface area contributed by atoms with E-state index < -0.39 is 0 Å². The molecule has 1 aromatic carbocycles. The molecule has 8 bridgehead atoms. The van der Waals surface area contributed by atoms with E-state index in [2.05, 4.69) is 84.5 Å². The van der Waals surface area contributed by atoms with Crippen LogP contribution >= 0.6 is 14.2 Å². The van der Waals surface area contributed by atoms with Crippen LogP contribution < -0.4 is 0 Å². The molecule has 0 amide bonds. The van der Waals surface area contributed by atoms with Gasteiger partial charge in [-0.3, -0.25) is 0 Å². The second-order valence-electron chi connectivity index (χ2n) is 6.98. The van der Waals surface area contributed by atoms with Gasteiger partial charge in [0.05, 0.1) is 22.8 Å². The van der Waals surface area contributed by atoms with Crippen molar-refractivity contribution in [3.63, 3.8) is 0 Å². The minimum absolute atomic E-state index is 0.915. The van der Waals surface area contributed by atoms with E-state index in [1.807, 2.05) is 72.8 Å². The van der Waals surface area contributed by atoms with Crippen molar-refractivity contribution in [2.24, 2.45) is 0 Å². The molecule has 0 aliphatic carbocycles. The molecule has 0 saturated heterocycles. The van der Waals surface area contributed by atoms with Gasteiger partial charge >= 0.3 is 28.1 Å². The Morgan fingerprint density at radius 3 is 1.34 bits per heavy atom. The van der Waals surface area contributed by atoms with Gasteiger partial charge in [-0.2, -0.15) is 36.4 Å². The van der Waals surface area contributed by atoms with Crippen molar-refractivity contribution in [2.45, 2.75) is 0 Å². The van der Waals surface area contributed by atoms with Gasteiger partial charge in [0.15, 0.2) is 0 Å². The molecule has 159 valence electrons. The molecule has 6 rings (SSSR count). The SMILES string of the molecule is C1=Cc2cc3ccc(cc4ccc(cc5nc(cc1n2)C=C5)[nH]4)[nH]3.[Co+][Br].[c-]1ccccc1. The Labute approximate surface area is 201 Å². The number of hydrogen-bond donors (Lipinski definition) is 2. The summed E-state index contributed by atoms with van der Waals surface area (Å²) in [4.78, 5) is 16.0. The van der Waals surface area contributed by atoms with Crippen LogP contribution in [0.25, 0.3) is 46.4 Å². The van der Waals surface area contributed by atoms with E-state index in [0.717, 1.165) is 44.8 Å². The van der Waals surface area contributed by atoms with Crippen molar-refractivity contribution in [2.75, 3.05) is 0 Å². The first-order valence-corrected chi connectivity index (χ1v) is 12.5. The smallest absolute Gasteiger partial charge is 0.171 e. The molecular weight excluding hydrogens is 507 g/mol. The van der Waals surface area contributed by atoms with Crippen LogP contribution in [0.1, 0.15) is 22.8 Å². The summed E-state index contributed by atoms with van der Waals surface area (Å²) < 4.78 is 0. The van der Waals surface area contributed by atoms with Crippen LogP contribution in [0.2, 0.25) is 0 Å². The van der Waals surface area contributed by atoms with Crippen LogP contribution in [0.3, 0.4) is 0 Å². The number of hydrogen-bond acceptors (Lipinski definition) is 2. The summed E-state index contributed by atoms with van der Waals surface area (Å²) in [7, 11) is 0. The van der Waals surface area contributed by atoms with Crippen molar-refractivity contribution in [3.05, 3.63) is 108 Å². The van der Waals surface area contributed by atoms with Crippen LogP contribution in [0, 0.1) is 6.07 Å². The number of aromatic nitrogens is 4. The molecular formula is C26H19BrCoN4. The summed E-state index contributed by atoms with van der Waals surface area (Å²) in [5.41, 5.74) is 7.86. The summed E-state index contributed by atoms with van der Waals surface area (Å²) in [6, 6.07) is 28.9. The second kappa shape index (κ2) is 10.9. The Kier molecular flexibility index (Phi) is 7.50. The number of aromatic amines is 2. The zero-order valence-electron chi connectivity index (χ0n) is 16.9. The molecule has 0 radical (unpaired) electrons. The van der Waals surface area contributed by atoms with Gasteiger partial charge in [0.1, 0.15) is 0 Å². The fourth-order valence-corrected chi connectivity index (χ4v) is 3.29. The molecule has 0 unspecified atom stereocenters. The molecule has 0 spiro atoms. The van der Waals surface area contributed by atoms with Gasteiger partial charge in [0.2, 0.25) is 0 Å². The Balaban J connectivity index is 0.000000263. The topological polar surface area (TPSA) is 57.4 Å². The minimum Gasteiger partial charge on any atom is -0.184 e. The zero-order chi connectivity index (χ0) is 22.2. The largest absolute Gasteiger partial charge is 0.184 e. The molecule has 5 heterocycles. The number of benzene rings is 1. The Bertz CT molecular complexity index is 1290. The molecule has 0 saturated carbocycles. The average molecular weight is 526 g/mol. The van der Waals surface area contributed by atoms with Gasteiger partial charge in [0.25, 0.3) is 0 Å². The fourth-order valence-electron chi connectivity index (χ4n) is 3.29. The molecule has 32 heavy (non-hydrogen) atoms.